The molecule has 0 aliphatic carbocycles. The highest BCUT2D eigenvalue weighted by molar-refractivity contribution is 6.14. The minimum atomic E-state index is 0.596. The summed E-state index contributed by atoms with van der Waals surface area (Å²) >= 11 is 0. The van der Waals surface area contributed by atoms with Crippen LogP contribution in [0.1, 0.15) is 0 Å². The van der Waals surface area contributed by atoms with Gasteiger partial charge in [-0.3, -0.25) is 9.13 Å². The number of hydrogen-bond donors (Lipinski definition) is 0. The molecular formula is C64H39N5O. The van der Waals surface area contributed by atoms with E-state index in [1.165, 1.54) is 21.8 Å². The molecule has 5 aromatic heterocycles. The van der Waals surface area contributed by atoms with Gasteiger partial charge >= 0.3 is 0 Å². The zero-order valence-electron chi connectivity index (χ0n) is 37.7. The van der Waals surface area contributed by atoms with E-state index in [1.807, 2.05) is 12.1 Å². The van der Waals surface area contributed by atoms with Crippen LogP contribution in [0.5, 0.6) is 0 Å². The predicted octanol–water partition coefficient (Wildman–Crippen LogP) is 16.7. The van der Waals surface area contributed by atoms with Crippen molar-refractivity contribution >= 4 is 87.4 Å². The number of aromatic nitrogens is 5. The van der Waals surface area contributed by atoms with E-state index in [0.717, 1.165) is 111 Å². The first kappa shape index (κ1) is 38.6. The molecule has 5 heterocycles. The number of fused-ring (bicyclic) bond motifs is 12. The van der Waals surface area contributed by atoms with Gasteiger partial charge in [0.2, 0.25) is 5.95 Å². The second-order valence-corrected chi connectivity index (χ2v) is 18.2. The Bertz CT molecular complexity index is 4590. The molecular weight excluding hydrogens is 855 g/mol. The van der Waals surface area contributed by atoms with Crippen LogP contribution in [0.4, 0.5) is 0 Å². The van der Waals surface area contributed by atoms with Crippen molar-refractivity contribution in [3.8, 4) is 51.0 Å². The van der Waals surface area contributed by atoms with Gasteiger partial charge < -0.3 is 8.98 Å². The number of furan rings is 1. The molecule has 0 saturated carbocycles. The molecule has 0 aliphatic rings. The largest absolute Gasteiger partial charge is 0.456 e. The molecule has 6 heteroatoms. The van der Waals surface area contributed by atoms with Crippen LogP contribution in [0.25, 0.3) is 138 Å². The van der Waals surface area contributed by atoms with Crippen LogP contribution in [0.3, 0.4) is 0 Å². The maximum atomic E-state index is 6.22. The van der Waals surface area contributed by atoms with E-state index >= 15 is 0 Å². The summed E-state index contributed by atoms with van der Waals surface area (Å²) in [7, 11) is 0. The van der Waals surface area contributed by atoms with E-state index in [1.54, 1.807) is 0 Å². The van der Waals surface area contributed by atoms with Crippen molar-refractivity contribution in [1.82, 2.24) is 23.7 Å². The number of para-hydroxylation sites is 5. The Balaban J connectivity index is 0.951. The standard InChI is InChI=1S/C64H39N5O/c1-3-15-40(16-4-1)54-39-63(66-64(65-54)69-57-25-13-8-20-47(57)50-32-28-44(38-60(50)69)42-30-34-62-53(36-42)51-22-10-14-26-61(51)70-62)68-56-24-12-7-19-46(56)49-31-27-43(37-59(49)68)41-29-33-58-52(35-41)48-21-9-11-23-55(48)67(58)45-17-5-2-6-18-45/h1-39H. The molecule has 15 aromatic rings. The normalized spacial score (nSPS) is 12.0. The summed E-state index contributed by atoms with van der Waals surface area (Å²) in [5, 5.41) is 9.25. The monoisotopic (exact) mass is 893 g/mol. The Morgan fingerprint density at radius 3 is 1.44 bits per heavy atom. The average molecular weight is 894 g/mol. The summed E-state index contributed by atoms with van der Waals surface area (Å²) in [4.78, 5) is 11.1. The predicted molar refractivity (Wildman–Crippen MR) is 289 cm³/mol. The Kier molecular flexibility index (Phi) is 8.26. The fourth-order valence-corrected chi connectivity index (χ4v) is 11.1. The van der Waals surface area contributed by atoms with Crippen LogP contribution >= 0.6 is 0 Å². The Hall–Kier alpha value is -9.52. The molecule has 0 N–H and O–H groups in total. The number of hydrogen-bond acceptors (Lipinski definition) is 3. The van der Waals surface area contributed by atoms with E-state index in [2.05, 4.69) is 238 Å². The van der Waals surface area contributed by atoms with Crippen molar-refractivity contribution in [2.75, 3.05) is 0 Å². The summed E-state index contributed by atoms with van der Waals surface area (Å²) < 4.78 is 13.2. The van der Waals surface area contributed by atoms with Crippen LogP contribution < -0.4 is 0 Å². The maximum Gasteiger partial charge on any atom is 0.237 e. The number of rotatable bonds is 6. The first-order chi connectivity index (χ1) is 34.7. The third kappa shape index (κ3) is 5.80. The lowest BCUT2D eigenvalue weighted by Gasteiger charge is -2.14. The third-order valence-electron chi connectivity index (χ3n) is 14.3. The van der Waals surface area contributed by atoms with Gasteiger partial charge in [0.25, 0.3) is 0 Å². The average Bonchev–Trinajstić information content (AvgIpc) is 4.17. The van der Waals surface area contributed by atoms with Crippen LogP contribution in [-0.2, 0) is 0 Å². The number of benzene rings is 10. The minimum absolute atomic E-state index is 0.596. The zero-order chi connectivity index (χ0) is 45.9. The highest BCUT2D eigenvalue weighted by Gasteiger charge is 2.21. The molecule has 0 amide bonds. The molecule has 70 heavy (non-hydrogen) atoms. The summed E-state index contributed by atoms with van der Waals surface area (Å²) in [5.41, 5.74) is 15.8. The molecule has 326 valence electrons. The molecule has 15 rings (SSSR count). The van der Waals surface area contributed by atoms with Gasteiger partial charge in [0.15, 0.2) is 0 Å². The van der Waals surface area contributed by atoms with Crippen molar-refractivity contribution in [3.63, 3.8) is 0 Å². The summed E-state index contributed by atoms with van der Waals surface area (Å²) in [5.74, 6) is 1.38. The van der Waals surface area contributed by atoms with Gasteiger partial charge in [-0.15, -0.1) is 0 Å². The van der Waals surface area contributed by atoms with Gasteiger partial charge in [0.1, 0.15) is 17.0 Å². The van der Waals surface area contributed by atoms with Crippen molar-refractivity contribution in [1.29, 1.82) is 0 Å². The molecule has 0 atom stereocenters. The molecule has 0 radical (unpaired) electrons. The van der Waals surface area contributed by atoms with Gasteiger partial charge in [-0.1, -0.05) is 158 Å². The maximum absolute atomic E-state index is 6.22. The van der Waals surface area contributed by atoms with Gasteiger partial charge in [0, 0.05) is 60.4 Å². The second kappa shape index (κ2) is 15.0. The highest BCUT2D eigenvalue weighted by Crippen LogP contribution is 2.41. The smallest absolute Gasteiger partial charge is 0.237 e. The van der Waals surface area contributed by atoms with Gasteiger partial charge in [-0.05, 0) is 95.1 Å². The fourth-order valence-electron chi connectivity index (χ4n) is 11.1. The van der Waals surface area contributed by atoms with Crippen molar-refractivity contribution < 1.29 is 4.42 Å². The molecule has 0 unspecified atom stereocenters. The first-order valence-corrected chi connectivity index (χ1v) is 23.7. The molecule has 0 aliphatic heterocycles. The third-order valence-corrected chi connectivity index (χ3v) is 14.3. The topological polar surface area (TPSA) is 53.7 Å². The van der Waals surface area contributed by atoms with Gasteiger partial charge in [-0.2, -0.15) is 4.98 Å². The van der Waals surface area contributed by atoms with E-state index < -0.39 is 0 Å². The summed E-state index contributed by atoms with van der Waals surface area (Å²) in [6.45, 7) is 0. The van der Waals surface area contributed by atoms with Crippen molar-refractivity contribution in [3.05, 3.63) is 237 Å². The highest BCUT2D eigenvalue weighted by atomic mass is 16.3. The lowest BCUT2D eigenvalue weighted by atomic mass is 10.0. The fraction of sp³-hybridized carbons (Fsp3) is 0. The van der Waals surface area contributed by atoms with Crippen LogP contribution in [-0.4, -0.2) is 23.7 Å². The van der Waals surface area contributed by atoms with Crippen LogP contribution in [0, 0.1) is 0 Å². The first-order valence-electron chi connectivity index (χ1n) is 23.7. The van der Waals surface area contributed by atoms with Gasteiger partial charge in [0.05, 0.1) is 38.8 Å². The summed E-state index contributed by atoms with van der Waals surface area (Å²) in [6.07, 6.45) is 0. The van der Waals surface area contributed by atoms with E-state index in [0.29, 0.717) is 5.95 Å². The second-order valence-electron chi connectivity index (χ2n) is 18.2. The molecule has 10 aromatic carbocycles. The van der Waals surface area contributed by atoms with E-state index in [-0.39, 0.29) is 0 Å². The van der Waals surface area contributed by atoms with Crippen LogP contribution in [0.15, 0.2) is 241 Å². The SMILES string of the molecule is c1ccc(-c2cc(-n3c4ccccc4c4ccc(-c5ccc6c(c5)c5ccccc5n6-c5ccccc5)cc43)nc(-n3c4ccccc4c4ccc(-c5ccc6oc7ccccc7c6c5)cc43)n2)cc1. The zero-order valence-corrected chi connectivity index (χ0v) is 37.7. The Labute approximate surface area is 401 Å². The minimum Gasteiger partial charge on any atom is -0.456 e. The molecule has 0 fully saturated rings. The molecule has 0 spiro atoms. The lowest BCUT2D eigenvalue weighted by molar-refractivity contribution is 0.669. The quantitative estimate of drug-likeness (QED) is 0.167. The molecule has 0 saturated heterocycles. The summed E-state index contributed by atoms with van der Waals surface area (Å²) in [6, 6.07) is 84.5. The molecule has 6 nitrogen and oxygen atoms in total. The Morgan fingerprint density at radius 2 is 0.743 bits per heavy atom. The lowest BCUT2D eigenvalue weighted by Crippen LogP contribution is -2.07. The van der Waals surface area contributed by atoms with E-state index in [4.69, 9.17) is 14.4 Å². The van der Waals surface area contributed by atoms with Crippen LogP contribution in [0.2, 0.25) is 0 Å². The van der Waals surface area contributed by atoms with Crippen molar-refractivity contribution in [2.45, 2.75) is 0 Å². The van der Waals surface area contributed by atoms with Gasteiger partial charge in [-0.25, -0.2) is 4.98 Å². The van der Waals surface area contributed by atoms with E-state index in [9.17, 15) is 0 Å². The van der Waals surface area contributed by atoms with Crippen molar-refractivity contribution in [2.24, 2.45) is 0 Å². The number of nitrogens with zero attached hydrogens (tertiary/aromatic N) is 5. The molecule has 0 bridgehead atoms. The Morgan fingerprint density at radius 1 is 0.271 bits per heavy atom.